The summed E-state index contributed by atoms with van der Waals surface area (Å²) in [5.41, 5.74) is 2.02. The van der Waals surface area contributed by atoms with Gasteiger partial charge in [-0.25, -0.2) is 0 Å². The molecule has 0 N–H and O–H groups in total. The Morgan fingerprint density at radius 1 is 0.875 bits per heavy atom. The molecule has 4 heteroatoms. The molecule has 0 atom stereocenters. The topological polar surface area (TPSA) is 27.7 Å². The molecule has 0 aromatic rings. The molecule has 0 aliphatic carbocycles. The van der Waals surface area contributed by atoms with Crippen LogP contribution in [0.5, 0.6) is 0 Å². The summed E-state index contributed by atoms with van der Waals surface area (Å²) < 4.78 is 17.4. The Kier molecular flexibility index (Phi) is 9.92. The lowest BCUT2D eigenvalue weighted by atomic mass is 10.5. The maximum absolute atomic E-state index is 5.83. The summed E-state index contributed by atoms with van der Waals surface area (Å²) in [7, 11) is -2.54. The molecular formula is C12H26O3Si. The van der Waals surface area contributed by atoms with Crippen LogP contribution < -0.4 is 0 Å². The van der Waals surface area contributed by atoms with Crippen LogP contribution in [-0.2, 0) is 13.3 Å². The van der Waals surface area contributed by atoms with Gasteiger partial charge in [0.15, 0.2) is 0 Å². The van der Waals surface area contributed by atoms with Crippen LogP contribution in [0.4, 0.5) is 0 Å². The van der Waals surface area contributed by atoms with Gasteiger partial charge in [-0.2, -0.15) is 0 Å². The van der Waals surface area contributed by atoms with Crippen molar-refractivity contribution in [1.29, 1.82) is 0 Å². The van der Waals surface area contributed by atoms with Crippen LogP contribution in [0.25, 0.3) is 0 Å². The second-order valence-corrected chi connectivity index (χ2v) is 5.95. The molecule has 96 valence electrons. The van der Waals surface area contributed by atoms with Crippen LogP contribution in [-0.4, -0.2) is 28.6 Å². The summed E-state index contributed by atoms with van der Waals surface area (Å²) in [5, 5.41) is 0. The molecule has 0 saturated carbocycles. The van der Waals surface area contributed by atoms with E-state index in [2.05, 4.69) is 26.8 Å². The first-order valence-corrected chi connectivity index (χ1v) is 8.14. The molecule has 0 spiro atoms. The van der Waals surface area contributed by atoms with Crippen molar-refractivity contribution in [2.45, 2.75) is 47.0 Å². The SMILES string of the molecule is CCC=C[Si](OCC)(OCCC)OCCC. The molecule has 3 nitrogen and oxygen atoms in total. The van der Waals surface area contributed by atoms with E-state index in [4.69, 9.17) is 13.3 Å². The highest BCUT2D eigenvalue weighted by Crippen LogP contribution is 2.13. The van der Waals surface area contributed by atoms with Gasteiger partial charge in [0, 0.05) is 19.8 Å². The maximum atomic E-state index is 5.83. The fourth-order valence-corrected chi connectivity index (χ4v) is 3.66. The van der Waals surface area contributed by atoms with Gasteiger partial charge in [-0.15, -0.1) is 0 Å². The lowest BCUT2D eigenvalue weighted by Gasteiger charge is -2.26. The fraction of sp³-hybridized carbons (Fsp3) is 0.833. The molecule has 0 fully saturated rings. The van der Waals surface area contributed by atoms with E-state index in [1.807, 2.05) is 12.6 Å². The molecule has 0 heterocycles. The van der Waals surface area contributed by atoms with Crippen molar-refractivity contribution in [2.24, 2.45) is 0 Å². The number of allylic oxidation sites excluding steroid dienone is 1. The van der Waals surface area contributed by atoms with Crippen molar-refractivity contribution >= 4 is 8.80 Å². The Balaban J connectivity index is 4.51. The van der Waals surface area contributed by atoms with E-state index in [0.717, 1.165) is 19.3 Å². The Morgan fingerprint density at radius 2 is 1.44 bits per heavy atom. The van der Waals surface area contributed by atoms with Gasteiger partial charge in [0.1, 0.15) is 0 Å². The molecule has 0 aromatic carbocycles. The first-order valence-electron chi connectivity index (χ1n) is 6.34. The van der Waals surface area contributed by atoms with E-state index in [-0.39, 0.29) is 0 Å². The molecule has 0 bridgehead atoms. The van der Waals surface area contributed by atoms with Gasteiger partial charge in [0.05, 0.1) is 0 Å². The first kappa shape index (κ1) is 15.8. The van der Waals surface area contributed by atoms with E-state index in [9.17, 15) is 0 Å². The summed E-state index contributed by atoms with van der Waals surface area (Å²) in [6.45, 7) is 10.3. The summed E-state index contributed by atoms with van der Waals surface area (Å²) in [5.74, 6) is 0. The van der Waals surface area contributed by atoms with Gasteiger partial charge in [-0.3, -0.25) is 0 Å². The molecule has 0 unspecified atom stereocenters. The fourth-order valence-electron chi connectivity index (χ4n) is 1.22. The molecular weight excluding hydrogens is 220 g/mol. The normalized spacial score (nSPS) is 12.5. The zero-order chi connectivity index (χ0) is 12.3. The smallest absolute Gasteiger partial charge is 0.371 e. The highest BCUT2D eigenvalue weighted by molar-refractivity contribution is 6.66. The molecule has 0 saturated heterocycles. The zero-order valence-electron chi connectivity index (χ0n) is 11.1. The van der Waals surface area contributed by atoms with Crippen molar-refractivity contribution in [1.82, 2.24) is 0 Å². The van der Waals surface area contributed by atoms with Gasteiger partial charge in [-0.1, -0.05) is 26.8 Å². The zero-order valence-corrected chi connectivity index (χ0v) is 12.1. The van der Waals surface area contributed by atoms with E-state index < -0.39 is 8.80 Å². The average Bonchev–Trinajstić information content (AvgIpc) is 2.31. The van der Waals surface area contributed by atoms with Crippen molar-refractivity contribution in [2.75, 3.05) is 19.8 Å². The predicted molar refractivity (Wildman–Crippen MR) is 69.3 cm³/mol. The van der Waals surface area contributed by atoms with Crippen LogP contribution in [0.2, 0.25) is 0 Å². The third-order valence-electron chi connectivity index (χ3n) is 1.92. The van der Waals surface area contributed by atoms with E-state index >= 15 is 0 Å². The lowest BCUT2D eigenvalue weighted by molar-refractivity contribution is 0.0756. The maximum Gasteiger partial charge on any atom is 0.529 e. The van der Waals surface area contributed by atoms with Crippen LogP contribution in [0, 0.1) is 0 Å². The van der Waals surface area contributed by atoms with Crippen LogP contribution in [0.1, 0.15) is 47.0 Å². The monoisotopic (exact) mass is 246 g/mol. The van der Waals surface area contributed by atoms with Gasteiger partial charge >= 0.3 is 8.80 Å². The molecule has 0 aliphatic heterocycles. The van der Waals surface area contributed by atoms with E-state index in [1.54, 1.807) is 0 Å². The highest BCUT2D eigenvalue weighted by atomic mass is 28.4. The number of rotatable bonds is 10. The van der Waals surface area contributed by atoms with Gasteiger partial charge in [0.2, 0.25) is 0 Å². The minimum atomic E-state index is -2.54. The molecule has 0 rings (SSSR count). The molecule has 0 aliphatic rings. The minimum absolute atomic E-state index is 0.633. The highest BCUT2D eigenvalue weighted by Gasteiger charge is 2.37. The summed E-state index contributed by atoms with van der Waals surface area (Å²) in [6.07, 6.45) is 5.02. The third-order valence-corrected chi connectivity index (χ3v) is 4.47. The Labute approximate surface area is 101 Å². The van der Waals surface area contributed by atoms with E-state index in [1.165, 1.54) is 0 Å². The lowest BCUT2D eigenvalue weighted by Crippen LogP contribution is -2.44. The largest absolute Gasteiger partial charge is 0.529 e. The molecule has 0 radical (unpaired) electrons. The summed E-state index contributed by atoms with van der Waals surface area (Å²) >= 11 is 0. The van der Waals surface area contributed by atoms with Crippen LogP contribution in [0.15, 0.2) is 11.8 Å². The Morgan fingerprint density at radius 3 is 1.81 bits per heavy atom. The molecule has 0 aromatic heterocycles. The minimum Gasteiger partial charge on any atom is -0.371 e. The van der Waals surface area contributed by atoms with Crippen molar-refractivity contribution < 1.29 is 13.3 Å². The average molecular weight is 246 g/mol. The van der Waals surface area contributed by atoms with Gasteiger partial charge in [-0.05, 0) is 31.9 Å². The summed E-state index contributed by atoms with van der Waals surface area (Å²) in [4.78, 5) is 0. The number of hydrogen-bond acceptors (Lipinski definition) is 3. The van der Waals surface area contributed by atoms with Crippen molar-refractivity contribution in [3.05, 3.63) is 11.8 Å². The molecule has 0 amide bonds. The van der Waals surface area contributed by atoms with Gasteiger partial charge < -0.3 is 13.3 Å². The second kappa shape index (κ2) is 10.0. The van der Waals surface area contributed by atoms with E-state index in [0.29, 0.717) is 19.8 Å². The van der Waals surface area contributed by atoms with Gasteiger partial charge in [0.25, 0.3) is 0 Å². The quantitative estimate of drug-likeness (QED) is 0.553. The number of hydrogen-bond donors (Lipinski definition) is 0. The van der Waals surface area contributed by atoms with Crippen molar-refractivity contribution in [3.8, 4) is 0 Å². The third kappa shape index (κ3) is 6.43. The second-order valence-electron chi connectivity index (χ2n) is 3.54. The molecule has 16 heavy (non-hydrogen) atoms. The van der Waals surface area contributed by atoms with Crippen molar-refractivity contribution in [3.63, 3.8) is 0 Å². The standard InChI is InChI=1S/C12H26O3Si/c1-5-9-12-16(13-8-4,14-10-6-2)15-11-7-3/h9,12H,5-8,10-11H2,1-4H3. The Hall–Kier alpha value is -0.163. The first-order chi connectivity index (χ1) is 7.74. The van der Waals surface area contributed by atoms with Crippen LogP contribution in [0.3, 0.4) is 0 Å². The summed E-state index contributed by atoms with van der Waals surface area (Å²) in [6, 6.07) is 0. The predicted octanol–water partition coefficient (Wildman–Crippen LogP) is 3.32. The van der Waals surface area contributed by atoms with Crippen LogP contribution >= 0.6 is 0 Å². The Bertz CT molecular complexity index is 175.